The zero-order chi connectivity index (χ0) is 9.68. The van der Waals surface area contributed by atoms with Crippen molar-refractivity contribution < 1.29 is 14.3 Å². The summed E-state index contributed by atoms with van der Waals surface area (Å²) < 4.78 is 9.06. The summed E-state index contributed by atoms with van der Waals surface area (Å²) in [6.45, 7) is 0. The lowest BCUT2D eigenvalue weighted by atomic mass is 10.3. The number of aromatic nitrogens is 1. The lowest BCUT2D eigenvalue weighted by Crippen LogP contribution is -2.07. The first-order valence-electron chi connectivity index (χ1n) is 3.53. The second kappa shape index (κ2) is 6.45. The molecule has 0 fully saturated rings. The molecule has 0 saturated carbocycles. The maximum atomic E-state index is 10.7. The summed E-state index contributed by atoms with van der Waals surface area (Å²) in [7, 11) is 1.24. The number of pyridine rings is 1. The van der Waals surface area contributed by atoms with Gasteiger partial charge in [0.05, 0.1) is 18.7 Å². The second-order valence-electron chi connectivity index (χ2n) is 2.17. The third kappa shape index (κ3) is 3.81. The van der Waals surface area contributed by atoms with Gasteiger partial charge in [0.15, 0.2) is 0 Å². The van der Waals surface area contributed by atoms with E-state index in [1.807, 2.05) is 0 Å². The predicted octanol–water partition coefficient (Wildman–Crippen LogP) is 2.39. The minimum atomic E-state index is -0.758. The highest BCUT2D eigenvalue weighted by Gasteiger charge is 2.03. The first-order valence-corrected chi connectivity index (χ1v) is 4.06. The predicted molar refractivity (Wildman–Crippen MR) is 54.1 cm³/mol. The molecule has 0 N–H and O–H groups in total. The lowest BCUT2D eigenvalue weighted by Gasteiger charge is -2.02. The molecule has 1 heterocycles. The van der Waals surface area contributed by atoms with Crippen LogP contribution in [0.1, 0.15) is 5.69 Å². The van der Waals surface area contributed by atoms with Crippen molar-refractivity contribution >= 4 is 30.2 Å². The Morgan fingerprint density at radius 1 is 1.64 bits per heavy atom. The molecule has 0 bridgehead atoms. The quantitative estimate of drug-likeness (QED) is 0.586. The SMILES string of the molecule is COC(=O)Oc1ccnc(CCl)c1.Cl. The standard InChI is InChI=1S/C8H8ClNO3.ClH/c1-12-8(11)13-7-2-3-10-6(4-7)5-9;/h2-4H,5H2,1H3;1H. The van der Waals surface area contributed by atoms with Crippen LogP contribution in [0.25, 0.3) is 0 Å². The van der Waals surface area contributed by atoms with E-state index in [4.69, 9.17) is 16.3 Å². The molecule has 0 spiro atoms. The number of methoxy groups -OCH3 is 1. The molecule has 0 saturated heterocycles. The van der Waals surface area contributed by atoms with Gasteiger partial charge in [-0.25, -0.2) is 4.79 Å². The maximum absolute atomic E-state index is 10.7. The number of nitrogens with zero attached hydrogens (tertiary/aromatic N) is 1. The van der Waals surface area contributed by atoms with E-state index in [1.165, 1.54) is 13.3 Å². The van der Waals surface area contributed by atoms with Crippen LogP contribution in [0.2, 0.25) is 0 Å². The maximum Gasteiger partial charge on any atom is 0.513 e. The average Bonchev–Trinajstić information content (AvgIpc) is 2.18. The first kappa shape index (κ1) is 13.0. The molecule has 6 heteroatoms. The fourth-order valence-electron chi connectivity index (χ4n) is 0.731. The van der Waals surface area contributed by atoms with Crippen molar-refractivity contribution in [1.29, 1.82) is 0 Å². The monoisotopic (exact) mass is 237 g/mol. The molecule has 4 nitrogen and oxygen atoms in total. The zero-order valence-corrected chi connectivity index (χ0v) is 8.97. The Labute approximate surface area is 92.6 Å². The highest BCUT2D eigenvalue weighted by atomic mass is 35.5. The van der Waals surface area contributed by atoms with Crippen LogP contribution in [0.3, 0.4) is 0 Å². The van der Waals surface area contributed by atoms with Crippen molar-refractivity contribution in [3.63, 3.8) is 0 Å². The molecule has 0 aliphatic rings. The Kier molecular flexibility index (Phi) is 5.99. The highest BCUT2D eigenvalue weighted by Crippen LogP contribution is 2.12. The van der Waals surface area contributed by atoms with E-state index in [2.05, 4.69) is 9.72 Å². The van der Waals surface area contributed by atoms with Gasteiger partial charge in [0, 0.05) is 12.3 Å². The number of hydrogen-bond acceptors (Lipinski definition) is 4. The Hall–Kier alpha value is -1.00. The Balaban J connectivity index is 0.00000169. The highest BCUT2D eigenvalue weighted by molar-refractivity contribution is 6.16. The van der Waals surface area contributed by atoms with E-state index < -0.39 is 6.16 Å². The third-order valence-electron chi connectivity index (χ3n) is 1.29. The van der Waals surface area contributed by atoms with Crippen LogP contribution in [0.5, 0.6) is 5.75 Å². The Bertz CT molecular complexity index is 306. The van der Waals surface area contributed by atoms with Crippen LogP contribution in [-0.2, 0) is 10.6 Å². The molecule has 1 aromatic rings. The topological polar surface area (TPSA) is 48.4 Å². The summed E-state index contributed by atoms with van der Waals surface area (Å²) >= 11 is 5.54. The van der Waals surface area contributed by atoms with E-state index in [0.717, 1.165) is 0 Å². The largest absolute Gasteiger partial charge is 0.513 e. The van der Waals surface area contributed by atoms with Crippen molar-refractivity contribution in [2.75, 3.05) is 7.11 Å². The van der Waals surface area contributed by atoms with Gasteiger partial charge in [-0.2, -0.15) is 0 Å². The van der Waals surface area contributed by atoms with E-state index >= 15 is 0 Å². The van der Waals surface area contributed by atoms with Crippen LogP contribution < -0.4 is 4.74 Å². The lowest BCUT2D eigenvalue weighted by molar-refractivity contribution is 0.121. The first-order chi connectivity index (χ1) is 6.26. The van der Waals surface area contributed by atoms with E-state index in [1.54, 1.807) is 12.1 Å². The Morgan fingerprint density at radius 3 is 2.93 bits per heavy atom. The van der Waals surface area contributed by atoms with Crippen molar-refractivity contribution in [2.45, 2.75) is 5.88 Å². The van der Waals surface area contributed by atoms with Gasteiger partial charge in [0.25, 0.3) is 0 Å². The fraction of sp³-hybridized carbons (Fsp3) is 0.250. The molecule has 14 heavy (non-hydrogen) atoms. The molecule has 0 radical (unpaired) electrons. The summed E-state index contributed by atoms with van der Waals surface area (Å²) in [5.74, 6) is 0.649. The van der Waals surface area contributed by atoms with Crippen LogP contribution in [0, 0.1) is 0 Å². The smallest absolute Gasteiger partial charge is 0.437 e. The number of carbonyl (C=O) groups excluding carboxylic acids is 1. The van der Waals surface area contributed by atoms with Crippen LogP contribution >= 0.6 is 24.0 Å². The zero-order valence-electron chi connectivity index (χ0n) is 7.40. The third-order valence-corrected chi connectivity index (χ3v) is 1.57. The second-order valence-corrected chi connectivity index (χ2v) is 2.44. The number of rotatable bonds is 2. The number of hydrogen-bond donors (Lipinski definition) is 0. The van der Waals surface area contributed by atoms with E-state index in [-0.39, 0.29) is 18.3 Å². The number of ether oxygens (including phenoxy) is 2. The van der Waals surface area contributed by atoms with Gasteiger partial charge in [-0.15, -0.1) is 24.0 Å². The molecular formula is C8H9Cl2NO3. The summed E-state index contributed by atoms with van der Waals surface area (Å²) in [5, 5.41) is 0. The molecule has 0 aromatic carbocycles. The van der Waals surface area contributed by atoms with Gasteiger partial charge < -0.3 is 9.47 Å². The molecule has 0 aliphatic carbocycles. The molecule has 0 amide bonds. The molecule has 1 rings (SSSR count). The minimum Gasteiger partial charge on any atom is -0.437 e. The summed E-state index contributed by atoms with van der Waals surface area (Å²) in [6.07, 6.45) is 0.752. The molecule has 0 unspecified atom stereocenters. The normalized spacial score (nSPS) is 8.71. The molecule has 0 aliphatic heterocycles. The van der Waals surface area contributed by atoms with Gasteiger partial charge in [-0.3, -0.25) is 4.98 Å². The van der Waals surface area contributed by atoms with Crippen LogP contribution in [0.15, 0.2) is 18.3 Å². The van der Waals surface area contributed by atoms with Crippen LogP contribution in [-0.4, -0.2) is 18.2 Å². The van der Waals surface area contributed by atoms with E-state index in [0.29, 0.717) is 11.4 Å². The molecule has 0 atom stereocenters. The fourth-order valence-corrected chi connectivity index (χ4v) is 0.877. The summed E-state index contributed by atoms with van der Waals surface area (Å²) in [6, 6.07) is 3.12. The number of carbonyl (C=O) groups is 1. The molecule has 1 aromatic heterocycles. The van der Waals surface area contributed by atoms with Crippen molar-refractivity contribution in [3.05, 3.63) is 24.0 Å². The van der Waals surface area contributed by atoms with Gasteiger partial charge in [0.2, 0.25) is 0 Å². The van der Waals surface area contributed by atoms with Gasteiger partial charge in [0.1, 0.15) is 5.75 Å². The minimum absolute atomic E-state index is 0. The summed E-state index contributed by atoms with van der Waals surface area (Å²) in [5.41, 5.74) is 0.642. The van der Waals surface area contributed by atoms with Crippen molar-refractivity contribution in [3.8, 4) is 5.75 Å². The van der Waals surface area contributed by atoms with Gasteiger partial charge in [-0.1, -0.05) is 0 Å². The van der Waals surface area contributed by atoms with Crippen LogP contribution in [0.4, 0.5) is 4.79 Å². The summed E-state index contributed by atoms with van der Waals surface area (Å²) in [4.78, 5) is 14.6. The Morgan fingerprint density at radius 2 is 2.36 bits per heavy atom. The number of halogens is 2. The average molecular weight is 238 g/mol. The van der Waals surface area contributed by atoms with E-state index in [9.17, 15) is 4.79 Å². The van der Waals surface area contributed by atoms with Crippen molar-refractivity contribution in [2.24, 2.45) is 0 Å². The van der Waals surface area contributed by atoms with Gasteiger partial charge >= 0.3 is 6.16 Å². The molecule has 78 valence electrons. The van der Waals surface area contributed by atoms with Gasteiger partial charge in [-0.05, 0) is 6.07 Å². The van der Waals surface area contributed by atoms with Crippen molar-refractivity contribution in [1.82, 2.24) is 4.98 Å². The molecular weight excluding hydrogens is 229 g/mol. The number of alkyl halides is 1.